The Morgan fingerprint density at radius 2 is 1.72 bits per heavy atom. The summed E-state index contributed by atoms with van der Waals surface area (Å²) >= 11 is 0. The van der Waals surface area contributed by atoms with Crippen molar-refractivity contribution in [3.8, 4) is 0 Å². The molecule has 3 saturated heterocycles. The predicted molar refractivity (Wildman–Crippen MR) is 125 cm³/mol. The summed E-state index contributed by atoms with van der Waals surface area (Å²) in [6, 6.07) is 2.96. The van der Waals surface area contributed by atoms with E-state index < -0.39 is 29.7 Å². The second-order valence-corrected chi connectivity index (χ2v) is 9.80. The summed E-state index contributed by atoms with van der Waals surface area (Å²) in [5, 5.41) is 12.4. The number of amides is 4. The highest BCUT2D eigenvalue weighted by Gasteiger charge is 2.43. The first kappa shape index (κ1) is 25.8. The summed E-state index contributed by atoms with van der Waals surface area (Å²) in [7, 11) is 0. The maximum Gasteiger partial charge on any atom is 0.407 e. The van der Waals surface area contributed by atoms with E-state index >= 15 is 0 Å². The Kier molecular flexibility index (Phi) is 7.75. The van der Waals surface area contributed by atoms with Gasteiger partial charge in [0.1, 0.15) is 0 Å². The van der Waals surface area contributed by atoms with Crippen molar-refractivity contribution in [1.29, 1.82) is 0 Å². The summed E-state index contributed by atoms with van der Waals surface area (Å²) in [6.45, 7) is 3.51. The maximum absolute atomic E-state index is 14.0. The molecule has 3 atom stereocenters. The number of benzene rings is 1. The first-order chi connectivity index (χ1) is 17.2. The molecule has 0 radical (unpaired) electrons. The lowest BCUT2D eigenvalue weighted by Gasteiger charge is -2.36. The van der Waals surface area contributed by atoms with Gasteiger partial charge < -0.3 is 25.1 Å². The minimum absolute atomic E-state index is 0.000539. The van der Waals surface area contributed by atoms with Crippen molar-refractivity contribution in [3.05, 3.63) is 35.4 Å². The molecule has 3 aliphatic heterocycles. The average molecular weight is 507 g/mol. The third kappa shape index (κ3) is 5.29. The topological polar surface area (TPSA) is 110 Å². The van der Waals surface area contributed by atoms with E-state index in [9.17, 15) is 33.1 Å². The number of hydrogen-bond donors (Lipinski definition) is 2. The molecule has 0 bridgehead atoms. The van der Waals surface area contributed by atoms with E-state index in [1.54, 1.807) is 16.7 Å². The molecule has 3 heterocycles. The van der Waals surface area contributed by atoms with Crippen LogP contribution in [0.15, 0.2) is 18.2 Å². The van der Waals surface area contributed by atoms with Gasteiger partial charge in [-0.25, -0.2) is 13.6 Å². The first-order valence-corrected chi connectivity index (χ1v) is 12.5. The van der Waals surface area contributed by atoms with E-state index in [0.29, 0.717) is 50.9 Å². The van der Waals surface area contributed by atoms with Crippen LogP contribution in [-0.2, 0) is 14.4 Å². The van der Waals surface area contributed by atoms with Crippen LogP contribution in [0, 0.1) is 23.5 Å². The highest BCUT2D eigenvalue weighted by atomic mass is 19.2. The van der Waals surface area contributed by atoms with Gasteiger partial charge in [0.25, 0.3) is 0 Å². The van der Waals surface area contributed by atoms with Crippen molar-refractivity contribution < 1.29 is 33.1 Å². The van der Waals surface area contributed by atoms with E-state index in [1.807, 2.05) is 0 Å². The number of carboxylic acid groups (broad SMARTS) is 1. The van der Waals surface area contributed by atoms with Crippen LogP contribution in [-0.4, -0.2) is 88.9 Å². The lowest BCUT2D eigenvalue weighted by molar-refractivity contribution is -0.143. The number of piperidine rings is 2. The monoisotopic (exact) mass is 506 g/mol. The van der Waals surface area contributed by atoms with E-state index in [-0.39, 0.29) is 49.2 Å². The zero-order chi connectivity index (χ0) is 26.0. The van der Waals surface area contributed by atoms with Crippen LogP contribution in [0.5, 0.6) is 0 Å². The second-order valence-electron chi connectivity index (χ2n) is 9.80. The van der Waals surface area contributed by atoms with Crippen molar-refractivity contribution in [1.82, 2.24) is 20.0 Å². The van der Waals surface area contributed by atoms with E-state index in [1.165, 1.54) is 11.0 Å². The number of nitrogens with zero attached hydrogens (tertiary/aromatic N) is 3. The smallest absolute Gasteiger partial charge is 0.407 e. The molecular weight excluding hydrogens is 474 g/mol. The Balaban J connectivity index is 1.42. The van der Waals surface area contributed by atoms with Gasteiger partial charge in [-0.2, -0.15) is 0 Å². The van der Waals surface area contributed by atoms with E-state index in [4.69, 9.17) is 0 Å². The van der Waals surface area contributed by atoms with Crippen molar-refractivity contribution in [2.24, 2.45) is 11.8 Å². The van der Waals surface area contributed by atoms with Crippen molar-refractivity contribution in [3.63, 3.8) is 0 Å². The molecule has 0 aromatic heterocycles. The summed E-state index contributed by atoms with van der Waals surface area (Å²) in [5.41, 5.74) is 0.453. The maximum atomic E-state index is 14.0. The van der Waals surface area contributed by atoms with Gasteiger partial charge in [0.05, 0.1) is 12.0 Å². The third-order valence-electron chi connectivity index (χ3n) is 7.73. The summed E-state index contributed by atoms with van der Waals surface area (Å²) in [4.78, 5) is 54.1. The van der Waals surface area contributed by atoms with Crippen LogP contribution in [0.2, 0.25) is 0 Å². The molecule has 4 amide bonds. The molecule has 1 aromatic rings. The number of nitrogens with one attached hydrogen (secondary N) is 1. The van der Waals surface area contributed by atoms with Gasteiger partial charge in [-0.3, -0.25) is 14.4 Å². The van der Waals surface area contributed by atoms with Crippen molar-refractivity contribution >= 4 is 23.8 Å². The van der Waals surface area contributed by atoms with Crippen LogP contribution < -0.4 is 5.32 Å². The number of likely N-dealkylation sites (N-methyl/N-ethyl adjacent to an activating group) is 1. The average Bonchev–Trinajstić information content (AvgIpc) is 3.30. The standard InChI is InChI=1S/C25H32F2N4O5/c1-2-31(25(35)36)21-14-30(13-18(21)16-3-5-19(26)20(27)11-16)23(33)15-7-9-29(10-8-15)24(34)17-4-6-22(32)28-12-17/h3,5,11,15,17-18,21H,2,4,6-10,12-14H2,1H3,(H,28,32)(H,35,36)/t17?,18-,21+/m0/s1. The number of hydrogen-bond acceptors (Lipinski definition) is 4. The molecule has 0 aliphatic carbocycles. The molecule has 0 saturated carbocycles. The number of likely N-dealkylation sites (tertiary alicyclic amines) is 2. The van der Waals surface area contributed by atoms with Crippen molar-refractivity contribution in [2.45, 2.75) is 44.6 Å². The van der Waals surface area contributed by atoms with Crippen LogP contribution in [0.4, 0.5) is 13.6 Å². The first-order valence-electron chi connectivity index (χ1n) is 12.5. The summed E-state index contributed by atoms with van der Waals surface area (Å²) in [5.74, 6) is -3.16. The van der Waals surface area contributed by atoms with E-state index in [2.05, 4.69) is 5.32 Å². The summed E-state index contributed by atoms with van der Waals surface area (Å²) < 4.78 is 27.5. The number of halogens is 2. The highest BCUT2D eigenvalue weighted by Crippen LogP contribution is 2.34. The zero-order valence-corrected chi connectivity index (χ0v) is 20.3. The second kappa shape index (κ2) is 10.8. The molecule has 1 unspecified atom stereocenters. The molecular formula is C25H32F2N4O5. The lowest BCUT2D eigenvalue weighted by Crippen LogP contribution is -2.49. The molecule has 3 aliphatic rings. The van der Waals surface area contributed by atoms with Crippen LogP contribution >= 0.6 is 0 Å². The van der Waals surface area contributed by atoms with Crippen LogP contribution in [0.25, 0.3) is 0 Å². The molecule has 0 spiro atoms. The fraction of sp³-hybridized carbons (Fsp3) is 0.600. The Hall–Kier alpha value is -3.24. The fourth-order valence-electron chi connectivity index (χ4n) is 5.67. The fourth-order valence-corrected chi connectivity index (χ4v) is 5.67. The van der Waals surface area contributed by atoms with Gasteiger partial charge in [0.15, 0.2) is 11.6 Å². The SMILES string of the molecule is CCN(C(=O)O)[C@@H]1CN(C(=O)C2CCN(C(=O)C3CCC(=O)NC3)CC2)C[C@H]1c1ccc(F)c(F)c1. The van der Waals surface area contributed by atoms with Gasteiger partial charge in [0.2, 0.25) is 17.7 Å². The quantitative estimate of drug-likeness (QED) is 0.635. The Morgan fingerprint density at radius 1 is 1.03 bits per heavy atom. The third-order valence-corrected chi connectivity index (χ3v) is 7.73. The highest BCUT2D eigenvalue weighted by molar-refractivity contribution is 5.84. The largest absolute Gasteiger partial charge is 0.465 e. The van der Waals surface area contributed by atoms with Gasteiger partial charge in [-0.1, -0.05) is 6.07 Å². The molecule has 4 rings (SSSR count). The van der Waals surface area contributed by atoms with Crippen LogP contribution in [0.1, 0.15) is 44.1 Å². The van der Waals surface area contributed by atoms with E-state index in [0.717, 1.165) is 12.1 Å². The Labute approximate surface area is 208 Å². The molecule has 11 heteroatoms. The lowest BCUT2D eigenvalue weighted by atomic mass is 9.92. The molecule has 1 aromatic carbocycles. The van der Waals surface area contributed by atoms with Gasteiger partial charge in [-0.05, 0) is 43.9 Å². The van der Waals surface area contributed by atoms with Gasteiger partial charge in [-0.15, -0.1) is 0 Å². The Morgan fingerprint density at radius 3 is 2.31 bits per heavy atom. The minimum Gasteiger partial charge on any atom is -0.465 e. The number of carbonyl (C=O) groups is 4. The number of carbonyl (C=O) groups excluding carboxylic acids is 3. The van der Waals surface area contributed by atoms with Crippen LogP contribution in [0.3, 0.4) is 0 Å². The van der Waals surface area contributed by atoms with Crippen molar-refractivity contribution in [2.75, 3.05) is 39.3 Å². The molecule has 36 heavy (non-hydrogen) atoms. The zero-order valence-electron chi connectivity index (χ0n) is 20.3. The minimum atomic E-state index is -1.13. The summed E-state index contributed by atoms with van der Waals surface area (Å²) in [6.07, 6.45) is 0.733. The van der Waals surface area contributed by atoms with Gasteiger partial charge >= 0.3 is 6.09 Å². The molecule has 2 N–H and O–H groups in total. The Bertz CT molecular complexity index is 1020. The van der Waals surface area contributed by atoms with Gasteiger partial charge in [0, 0.05) is 57.5 Å². The predicted octanol–water partition coefficient (Wildman–Crippen LogP) is 2.02. The normalized spacial score (nSPS) is 25.0. The number of rotatable bonds is 5. The molecule has 3 fully saturated rings. The molecule has 196 valence electrons. The molecule has 9 nitrogen and oxygen atoms in total.